The number of para-hydroxylation sites is 1. The van der Waals surface area contributed by atoms with Crippen LogP contribution < -0.4 is 5.73 Å². The van der Waals surface area contributed by atoms with E-state index in [9.17, 15) is 0 Å². The van der Waals surface area contributed by atoms with E-state index < -0.39 is 0 Å². The first-order valence-electron chi connectivity index (χ1n) is 6.76. The summed E-state index contributed by atoms with van der Waals surface area (Å²) < 4.78 is 5.50. The molecule has 1 aromatic heterocycles. The summed E-state index contributed by atoms with van der Waals surface area (Å²) in [7, 11) is 0. The number of pyridine rings is 1. The van der Waals surface area contributed by atoms with Gasteiger partial charge in [-0.15, -0.1) is 0 Å². The van der Waals surface area contributed by atoms with Gasteiger partial charge < -0.3 is 10.5 Å². The van der Waals surface area contributed by atoms with Crippen LogP contribution in [0.15, 0.2) is 18.2 Å². The molecule has 1 aliphatic rings. The highest BCUT2D eigenvalue weighted by atomic mass is 16.5. The summed E-state index contributed by atoms with van der Waals surface area (Å²) in [5, 5.41) is 1.05. The number of ether oxygens (including phenoxy) is 1. The third-order valence-corrected chi connectivity index (χ3v) is 3.78. The fourth-order valence-electron chi connectivity index (χ4n) is 2.72. The Morgan fingerprint density at radius 2 is 2.05 bits per heavy atom. The summed E-state index contributed by atoms with van der Waals surface area (Å²) in [5.74, 6) is 0. The molecule has 0 fully saturated rings. The zero-order chi connectivity index (χ0) is 13.6. The van der Waals surface area contributed by atoms with Gasteiger partial charge in [-0.2, -0.15) is 0 Å². The van der Waals surface area contributed by atoms with E-state index in [1.807, 2.05) is 0 Å². The fourth-order valence-corrected chi connectivity index (χ4v) is 2.72. The van der Waals surface area contributed by atoms with Crippen molar-refractivity contribution in [2.45, 2.75) is 39.2 Å². The van der Waals surface area contributed by atoms with Crippen LogP contribution in [-0.2, 0) is 23.2 Å². The van der Waals surface area contributed by atoms with Crippen LogP contribution in [0.2, 0.25) is 0 Å². The third kappa shape index (κ3) is 1.98. The second-order valence-corrected chi connectivity index (χ2v) is 6.21. The molecule has 0 unspecified atom stereocenters. The second kappa shape index (κ2) is 4.20. The number of aromatic nitrogens is 1. The maximum absolute atomic E-state index is 6.33. The van der Waals surface area contributed by atoms with Crippen molar-refractivity contribution in [1.29, 1.82) is 0 Å². The Hall–Kier alpha value is -1.61. The normalized spacial score (nSPS) is 15.5. The molecule has 0 radical (unpaired) electrons. The van der Waals surface area contributed by atoms with E-state index >= 15 is 0 Å². The number of anilines is 1. The lowest BCUT2D eigenvalue weighted by Gasteiger charge is -2.24. The lowest BCUT2D eigenvalue weighted by Crippen LogP contribution is -2.17. The van der Waals surface area contributed by atoms with Crippen LogP contribution in [0.1, 0.15) is 37.6 Å². The van der Waals surface area contributed by atoms with E-state index in [0.29, 0.717) is 6.61 Å². The molecule has 0 bridgehead atoms. The van der Waals surface area contributed by atoms with Crippen molar-refractivity contribution in [2.24, 2.45) is 0 Å². The number of nitrogens with zero attached hydrogens (tertiary/aromatic N) is 1. The van der Waals surface area contributed by atoms with E-state index in [-0.39, 0.29) is 5.41 Å². The molecule has 1 aliphatic heterocycles. The lowest BCUT2D eigenvalue weighted by molar-refractivity contribution is 0.110. The number of benzene rings is 1. The van der Waals surface area contributed by atoms with Gasteiger partial charge in [0.25, 0.3) is 0 Å². The number of hydrogen-bond acceptors (Lipinski definition) is 3. The Morgan fingerprint density at radius 3 is 2.79 bits per heavy atom. The summed E-state index contributed by atoms with van der Waals surface area (Å²) in [4.78, 5) is 4.88. The van der Waals surface area contributed by atoms with Crippen LogP contribution in [0.25, 0.3) is 10.9 Å². The van der Waals surface area contributed by atoms with Gasteiger partial charge >= 0.3 is 0 Å². The van der Waals surface area contributed by atoms with Crippen molar-refractivity contribution < 1.29 is 4.74 Å². The van der Waals surface area contributed by atoms with Gasteiger partial charge in [-0.3, -0.25) is 4.98 Å². The highest BCUT2D eigenvalue weighted by molar-refractivity contribution is 5.94. The van der Waals surface area contributed by atoms with Gasteiger partial charge in [0.15, 0.2) is 0 Å². The van der Waals surface area contributed by atoms with Crippen LogP contribution in [0.4, 0.5) is 5.69 Å². The molecular weight excluding hydrogens is 236 g/mol. The van der Waals surface area contributed by atoms with Gasteiger partial charge in [0.2, 0.25) is 0 Å². The SMILES string of the molecule is CC(C)(C)c1cccc2c(N)c3c(nc12)CCOC3. The maximum Gasteiger partial charge on any atom is 0.0763 e. The predicted molar refractivity (Wildman–Crippen MR) is 78.2 cm³/mol. The quantitative estimate of drug-likeness (QED) is 0.787. The van der Waals surface area contributed by atoms with Gasteiger partial charge in [-0.05, 0) is 11.0 Å². The molecule has 3 heteroatoms. The summed E-state index contributed by atoms with van der Waals surface area (Å²) >= 11 is 0. The van der Waals surface area contributed by atoms with Crippen LogP contribution >= 0.6 is 0 Å². The van der Waals surface area contributed by atoms with Gasteiger partial charge in [-0.1, -0.05) is 39.0 Å². The average Bonchev–Trinajstić information content (AvgIpc) is 2.37. The Labute approximate surface area is 113 Å². The third-order valence-electron chi connectivity index (χ3n) is 3.78. The van der Waals surface area contributed by atoms with E-state index in [1.165, 1.54) is 5.56 Å². The van der Waals surface area contributed by atoms with E-state index in [2.05, 4.69) is 39.0 Å². The number of rotatable bonds is 0. The Balaban J connectivity index is 2.36. The highest BCUT2D eigenvalue weighted by Crippen LogP contribution is 2.34. The second-order valence-electron chi connectivity index (χ2n) is 6.21. The minimum Gasteiger partial charge on any atom is -0.398 e. The van der Waals surface area contributed by atoms with E-state index in [0.717, 1.165) is 40.9 Å². The van der Waals surface area contributed by atoms with Crippen molar-refractivity contribution in [3.8, 4) is 0 Å². The summed E-state index contributed by atoms with van der Waals surface area (Å²) in [5.41, 5.74) is 11.7. The van der Waals surface area contributed by atoms with Gasteiger partial charge in [-0.25, -0.2) is 0 Å². The number of hydrogen-bond donors (Lipinski definition) is 1. The van der Waals surface area contributed by atoms with Gasteiger partial charge in [0, 0.05) is 23.1 Å². The lowest BCUT2D eigenvalue weighted by atomic mass is 9.85. The van der Waals surface area contributed by atoms with Crippen LogP contribution in [0, 0.1) is 0 Å². The average molecular weight is 256 g/mol. The minimum absolute atomic E-state index is 0.0678. The minimum atomic E-state index is 0.0678. The van der Waals surface area contributed by atoms with Crippen molar-refractivity contribution in [2.75, 3.05) is 12.3 Å². The Kier molecular flexibility index (Phi) is 2.75. The molecule has 0 aliphatic carbocycles. The molecule has 0 atom stereocenters. The zero-order valence-electron chi connectivity index (χ0n) is 11.8. The molecule has 100 valence electrons. The number of nitrogen functional groups attached to an aromatic ring is 1. The van der Waals surface area contributed by atoms with Crippen molar-refractivity contribution in [3.63, 3.8) is 0 Å². The molecule has 2 aromatic rings. The Morgan fingerprint density at radius 1 is 1.26 bits per heavy atom. The van der Waals surface area contributed by atoms with E-state index in [4.69, 9.17) is 15.5 Å². The van der Waals surface area contributed by atoms with Crippen LogP contribution in [0.5, 0.6) is 0 Å². The van der Waals surface area contributed by atoms with Crippen molar-refractivity contribution in [1.82, 2.24) is 4.98 Å². The maximum atomic E-state index is 6.33. The highest BCUT2D eigenvalue weighted by Gasteiger charge is 2.22. The first-order chi connectivity index (χ1) is 8.98. The Bertz CT molecular complexity index is 641. The molecule has 1 aromatic carbocycles. The first-order valence-corrected chi connectivity index (χ1v) is 6.76. The van der Waals surface area contributed by atoms with Gasteiger partial charge in [0.1, 0.15) is 0 Å². The van der Waals surface area contributed by atoms with E-state index in [1.54, 1.807) is 0 Å². The topological polar surface area (TPSA) is 48.1 Å². The summed E-state index contributed by atoms with van der Waals surface area (Å²) in [6.07, 6.45) is 0.855. The van der Waals surface area contributed by atoms with Crippen molar-refractivity contribution in [3.05, 3.63) is 35.0 Å². The molecule has 3 rings (SSSR count). The molecule has 19 heavy (non-hydrogen) atoms. The smallest absolute Gasteiger partial charge is 0.0763 e. The zero-order valence-corrected chi connectivity index (χ0v) is 11.8. The first kappa shape index (κ1) is 12.4. The molecule has 0 saturated heterocycles. The summed E-state index contributed by atoms with van der Waals surface area (Å²) in [6.45, 7) is 7.96. The van der Waals surface area contributed by atoms with Crippen LogP contribution in [-0.4, -0.2) is 11.6 Å². The van der Waals surface area contributed by atoms with Gasteiger partial charge in [0.05, 0.1) is 24.4 Å². The number of nitrogens with two attached hydrogens (primary N) is 1. The predicted octanol–water partition coefficient (Wildman–Crippen LogP) is 3.19. The molecule has 2 N–H and O–H groups in total. The van der Waals surface area contributed by atoms with Crippen molar-refractivity contribution >= 4 is 16.6 Å². The molecule has 0 saturated carbocycles. The molecule has 2 heterocycles. The molecular formula is C16H20N2O. The molecule has 3 nitrogen and oxygen atoms in total. The fraction of sp³-hybridized carbons (Fsp3) is 0.438. The monoisotopic (exact) mass is 256 g/mol. The standard InChI is InChI=1S/C16H20N2O/c1-16(2,3)12-6-4-5-10-14(17)11-9-19-8-7-13(11)18-15(10)12/h4-6H,7-9H2,1-3H3,(H2,17,18). The number of fused-ring (bicyclic) bond motifs is 2. The molecule has 0 spiro atoms. The molecule has 0 amide bonds. The largest absolute Gasteiger partial charge is 0.398 e. The van der Waals surface area contributed by atoms with Crippen LogP contribution in [0.3, 0.4) is 0 Å². The summed E-state index contributed by atoms with van der Waals surface area (Å²) in [6, 6.07) is 6.28.